The average molecular weight is 256 g/mol. The molecule has 0 atom stereocenters. The zero-order valence-electron chi connectivity index (χ0n) is 12.5. The van der Waals surface area contributed by atoms with Crippen LogP contribution in [-0.2, 0) is 0 Å². The van der Waals surface area contributed by atoms with Gasteiger partial charge in [0.05, 0.1) is 5.29 Å². The molecule has 0 bridgehead atoms. The van der Waals surface area contributed by atoms with Crippen LogP contribution in [0.25, 0.3) is 0 Å². The Kier molecular flexibility index (Phi) is 14.0. The molecule has 0 aromatic rings. The van der Waals surface area contributed by atoms with Crippen LogP contribution in [0.15, 0.2) is 5.29 Å². The summed E-state index contributed by atoms with van der Waals surface area (Å²) in [4.78, 5) is 10.1. The molecule has 3 heteroatoms. The topological polar surface area (TPSA) is 32.7 Å². The minimum atomic E-state index is 0.806. The highest BCUT2D eigenvalue weighted by Gasteiger charge is 1.95. The molecule has 0 unspecified atom stereocenters. The third kappa shape index (κ3) is 13.5. The molecule has 0 spiro atoms. The summed E-state index contributed by atoms with van der Waals surface area (Å²) in [6.07, 6.45) is 16.2. The number of hydrogen-bond acceptors (Lipinski definition) is 2. The van der Waals surface area contributed by atoms with Crippen LogP contribution in [0.2, 0.25) is 0 Å². The molecule has 18 heavy (non-hydrogen) atoms. The van der Waals surface area contributed by atoms with Crippen molar-refractivity contribution >= 4 is 0 Å². The van der Waals surface area contributed by atoms with E-state index in [9.17, 15) is 4.91 Å². The monoisotopic (exact) mass is 256 g/mol. The highest BCUT2D eigenvalue weighted by molar-refractivity contribution is 4.50. The Morgan fingerprint density at radius 2 is 1.11 bits per heavy atom. The molecule has 0 fully saturated rings. The molecular weight excluding hydrogens is 224 g/mol. The van der Waals surface area contributed by atoms with Crippen LogP contribution in [0.1, 0.15) is 84.0 Å². The maximum atomic E-state index is 10.1. The molecule has 0 heterocycles. The molecule has 0 rings (SSSR count). The second-order valence-electron chi connectivity index (χ2n) is 5.35. The zero-order chi connectivity index (χ0) is 13.5. The average Bonchev–Trinajstić information content (AvgIpc) is 2.39. The number of hydrogen-bond donors (Lipinski definition) is 0. The summed E-state index contributed by atoms with van der Waals surface area (Å²) in [5.41, 5.74) is 0. The molecular formula is C15H32N2O. The van der Waals surface area contributed by atoms with Gasteiger partial charge in [-0.05, 0) is 6.42 Å². The normalized spacial score (nSPS) is 10.6. The van der Waals surface area contributed by atoms with Gasteiger partial charge < -0.3 is 0 Å². The maximum absolute atomic E-state index is 10.1. The van der Waals surface area contributed by atoms with E-state index in [4.69, 9.17) is 0 Å². The van der Waals surface area contributed by atoms with Gasteiger partial charge >= 0.3 is 0 Å². The summed E-state index contributed by atoms with van der Waals surface area (Å²) < 4.78 is 0. The summed E-state index contributed by atoms with van der Waals surface area (Å²) in [5.74, 6) is 0. The Balaban J connectivity index is 2.96. The van der Waals surface area contributed by atoms with Gasteiger partial charge in [0, 0.05) is 13.6 Å². The summed E-state index contributed by atoms with van der Waals surface area (Å²) in [5, 5.41) is 4.34. The molecule has 0 saturated heterocycles. The molecule has 0 aliphatic carbocycles. The number of nitroso groups, excluding NO2 is 1. The first-order chi connectivity index (χ1) is 8.81. The van der Waals surface area contributed by atoms with Crippen LogP contribution in [0.3, 0.4) is 0 Å². The van der Waals surface area contributed by atoms with Gasteiger partial charge in [0.15, 0.2) is 0 Å². The quantitative estimate of drug-likeness (QED) is 0.240. The van der Waals surface area contributed by atoms with Crippen molar-refractivity contribution in [3.8, 4) is 0 Å². The van der Waals surface area contributed by atoms with E-state index in [1.54, 1.807) is 7.05 Å². The van der Waals surface area contributed by atoms with Gasteiger partial charge in [-0.3, -0.25) is 5.01 Å². The molecule has 108 valence electrons. The van der Waals surface area contributed by atoms with E-state index < -0.39 is 0 Å². The van der Waals surface area contributed by atoms with Crippen LogP contribution < -0.4 is 0 Å². The van der Waals surface area contributed by atoms with Crippen LogP contribution in [0.5, 0.6) is 0 Å². The van der Waals surface area contributed by atoms with Crippen molar-refractivity contribution in [3.05, 3.63) is 4.91 Å². The van der Waals surface area contributed by atoms with Gasteiger partial charge in [0.2, 0.25) is 0 Å². The van der Waals surface area contributed by atoms with Crippen molar-refractivity contribution in [1.82, 2.24) is 5.01 Å². The molecule has 0 saturated carbocycles. The van der Waals surface area contributed by atoms with E-state index in [1.807, 2.05) is 0 Å². The highest BCUT2D eigenvalue weighted by atomic mass is 16.3. The van der Waals surface area contributed by atoms with Crippen LogP contribution in [0.4, 0.5) is 0 Å². The molecule has 0 amide bonds. The van der Waals surface area contributed by atoms with Gasteiger partial charge in [0.25, 0.3) is 0 Å². The smallest absolute Gasteiger partial charge is 0.0521 e. The van der Waals surface area contributed by atoms with Crippen molar-refractivity contribution in [2.75, 3.05) is 13.6 Å². The summed E-state index contributed by atoms with van der Waals surface area (Å²) in [6, 6.07) is 0. The predicted octanol–water partition coefficient (Wildman–Crippen LogP) is 5.30. The predicted molar refractivity (Wildman–Crippen MR) is 79.5 cm³/mol. The van der Waals surface area contributed by atoms with Crippen molar-refractivity contribution in [1.29, 1.82) is 0 Å². The van der Waals surface area contributed by atoms with Gasteiger partial charge in [-0.2, -0.15) is 0 Å². The molecule has 3 nitrogen and oxygen atoms in total. The fourth-order valence-corrected chi connectivity index (χ4v) is 2.22. The Bertz CT molecular complexity index is 174. The lowest BCUT2D eigenvalue weighted by Gasteiger charge is -2.07. The van der Waals surface area contributed by atoms with Gasteiger partial charge in [0.1, 0.15) is 0 Å². The van der Waals surface area contributed by atoms with Crippen LogP contribution in [0, 0.1) is 4.91 Å². The fourth-order valence-electron chi connectivity index (χ4n) is 2.22. The largest absolute Gasteiger partial charge is 0.264 e. The standard InChI is InChI=1S/C15H32N2O/c1-3-4-5-6-7-8-9-10-11-12-13-14-15-17(2)16-18/h3-15H2,1-2H3. The first kappa shape index (κ1) is 17.4. The van der Waals surface area contributed by atoms with Crippen molar-refractivity contribution < 1.29 is 0 Å². The van der Waals surface area contributed by atoms with E-state index in [0.717, 1.165) is 13.0 Å². The first-order valence-electron chi connectivity index (χ1n) is 7.85. The lowest BCUT2D eigenvalue weighted by Crippen LogP contribution is -2.10. The lowest BCUT2D eigenvalue weighted by molar-refractivity contribution is 0.336. The third-order valence-electron chi connectivity index (χ3n) is 3.47. The van der Waals surface area contributed by atoms with E-state index >= 15 is 0 Å². The molecule has 0 aromatic heterocycles. The van der Waals surface area contributed by atoms with Crippen LogP contribution in [-0.4, -0.2) is 18.6 Å². The Morgan fingerprint density at radius 3 is 1.50 bits per heavy atom. The molecule has 0 N–H and O–H groups in total. The van der Waals surface area contributed by atoms with E-state index in [-0.39, 0.29) is 0 Å². The summed E-state index contributed by atoms with van der Waals surface area (Å²) in [7, 11) is 1.74. The third-order valence-corrected chi connectivity index (χ3v) is 3.47. The second-order valence-corrected chi connectivity index (χ2v) is 5.35. The van der Waals surface area contributed by atoms with Crippen molar-refractivity contribution in [3.63, 3.8) is 0 Å². The van der Waals surface area contributed by atoms with E-state index in [2.05, 4.69) is 12.2 Å². The van der Waals surface area contributed by atoms with Gasteiger partial charge in [-0.1, -0.05) is 77.6 Å². The molecule has 0 radical (unpaired) electrons. The number of unbranched alkanes of at least 4 members (excludes halogenated alkanes) is 11. The lowest BCUT2D eigenvalue weighted by atomic mass is 10.1. The Labute approximate surface area is 113 Å². The summed E-state index contributed by atoms with van der Waals surface area (Å²) >= 11 is 0. The molecule has 0 aromatic carbocycles. The van der Waals surface area contributed by atoms with Gasteiger partial charge in [-0.25, -0.2) is 0 Å². The van der Waals surface area contributed by atoms with Crippen molar-refractivity contribution in [2.24, 2.45) is 5.29 Å². The fraction of sp³-hybridized carbons (Fsp3) is 1.00. The van der Waals surface area contributed by atoms with Crippen molar-refractivity contribution in [2.45, 2.75) is 84.0 Å². The minimum Gasteiger partial charge on any atom is -0.264 e. The van der Waals surface area contributed by atoms with E-state index in [1.165, 1.54) is 75.6 Å². The first-order valence-corrected chi connectivity index (χ1v) is 7.85. The van der Waals surface area contributed by atoms with Crippen LogP contribution >= 0.6 is 0 Å². The molecule has 0 aliphatic rings. The highest BCUT2D eigenvalue weighted by Crippen LogP contribution is 2.11. The minimum absolute atomic E-state index is 0.806. The Morgan fingerprint density at radius 1 is 0.722 bits per heavy atom. The number of nitrogens with zero attached hydrogens (tertiary/aromatic N) is 2. The molecule has 0 aliphatic heterocycles. The Hall–Kier alpha value is -0.600. The number of rotatable bonds is 14. The van der Waals surface area contributed by atoms with E-state index in [0.29, 0.717) is 0 Å². The van der Waals surface area contributed by atoms with Gasteiger partial charge in [-0.15, -0.1) is 4.91 Å². The second kappa shape index (κ2) is 14.5. The zero-order valence-corrected chi connectivity index (χ0v) is 12.5. The maximum Gasteiger partial charge on any atom is 0.0521 e. The SMILES string of the molecule is CCCCCCCCCCCCCCN(C)N=O. The summed E-state index contributed by atoms with van der Waals surface area (Å²) in [6.45, 7) is 3.07.